The molecule has 1 aromatic heterocycles. The van der Waals surface area contributed by atoms with Gasteiger partial charge in [-0.1, -0.05) is 6.92 Å². The first-order valence-electron chi connectivity index (χ1n) is 6.69. The van der Waals surface area contributed by atoms with E-state index in [1.54, 1.807) is 18.7 Å². The molecule has 1 aromatic carbocycles. The summed E-state index contributed by atoms with van der Waals surface area (Å²) in [6.45, 7) is 3.50. The third-order valence-electron chi connectivity index (χ3n) is 3.44. The van der Waals surface area contributed by atoms with Gasteiger partial charge in [0.15, 0.2) is 0 Å². The van der Waals surface area contributed by atoms with Gasteiger partial charge < -0.3 is 19.7 Å². The summed E-state index contributed by atoms with van der Waals surface area (Å²) >= 11 is 0. The molecule has 0 atom stereocenters. The van der Waals surface area contributed by atoms with Crippen molar-refractivity contribution in [3.05, 3.63) is 29.5 Å². The Labute approximate surface area is 118 Å². The average molecular weight is 276 g/mol. The molecule has 108 valence electrons. The second-order valence-corrected chi connectivity index (χ2v) is 4.75. The summed E-state index contributed by atoms with van der Waals surface area (Å²) in [5.41, 5.74) is 2.03. The number of methoxy groups -OCH3 is 1. The summed E-state index contributed by atoms with van der Waals surface area (Å²) in [4.78, 5) is 11.5. The number of carboxylic acids is 1. The highest BCUT2D eigenvalue weighted by molar-refractivity contribution is 5.98. The van der Waals surface area contributed by atoms with Gasteiger partial charge in [-0.05, 0) is 25.1 Å². The number of benzene rings is 1. The van der Waals surface area contributed by atoms with E-state index in [0.29, 0.717) is 12.2 Å². The number of nitrogens with zero attached hydrogens (tertiary/aromatic N) is 1. The second kappa shape index (κ2) is 5.96. The second-order valence-electron chi connectivity index (χ2n) is 4.75. The lowest BCUT2D eigenvalue weighted by Crippen LogP contribution is -2.17. The monoisotopic (exact) mass is 276 g/mol. The first-order valence-corrected chi connectivity index (χ1v) is 6.69. The van der Waals surface area contributed by atoms with E-state index in [0.717, 1.165) is 35.2 Å². The molecule has 0 unspecified atom stereocenters. The van der Waals surface area contributed by atoms with Crippen LogP contribution in [-0.2, 0) is 13.6 Å². The van der Waals surface area contributed by atoms with Crippen molar-refractivity contribution in [2.24, 2.45) is 7.05 Å². The average Bonchev–Trinajstić information content (AvgIpc) is 2.72. The van der Waals surface area contributed by atoms with Gasteiger partial charge in [0.2, 0.25) is 0 Å². The number of fused-ring (bicyclic) bond motifs is 1. The van der Waals surface area contributed by atoms with Crippen molar-refractivity contribution in [2.45, 2.75) is 19.9 Å². The molecule has 0 radical (unpaired) electrons. The molecule has 0 aliphatic rings. The maximum Gasteiger partial charge on any atom is 0.352 e. The van der Waals surface area contributed by atoms with Gasteiger partial charge in [-0.25, -0.2) is 4.79 Å². The van der Waals surface area contributed by atoms with Gasteiger partial charge in [0.25, 0.3) is 0 Å². The fourth-order valence-corrected chi connectivity index (χ4v) is 2.46. The highest BCUT2D eigenvalue weighted by Crippen LogP contribution is 2.28. The summed E-state index contributed by atoms with van der Waals surface area (Å²) in [7, 11) is 3.38. The quantitative estimate of drug-likeness (QED) is 0.795. The molecule has 0 amide bonds. The van der Waals surface area contributed by atoms with Gasteiger partial charge in [0.05, 0.1) is 12.6 Å². The maximum absolute atomic E-state index is 11.5. The number of nitrogens with one attached hydrogen (secondary N) is 1. The van der Waals surface area contributed by atoms with Crippen molar-refractivity contribution in [1.82, 2.24) is 9.88 Å². The first kappa shape index (κ1) is 14.4. The minimum absolute atomic E-state index is 0.330. The Kier molecular flexibility index (Phi) is 4.29. The van der Waals surface area contributed by atoms with Crippen molar-refractivity contribution in [3.8, 4) is 5.75 Å². The molecule has 20 heavy (non-hydrogen) atoms. The normalized spacial score (nSPS) is 10.9. The van der Waals surface area contributed by atoms with Crippen LogP contribution >= 0.6 is 0 Å². The van der Waals surface area contributed by atoms with Crippen molar-refractivity contribution in [3.63, 3.8) is 0 Å². The van der Waals surface area contributed by atoms with Crippen LogP contribution < -0.4 is 10.1 Å². The van der Waals surface area contributed by atoms with E-state index in [-0.39, 0.29) is 0 Å². The van der Waals surface area contributed by atoms with Crippen molar-refractivity contribution in [2.75, 3.05) is 13.7 Å². The van der Waals surface area contributed by atoms with Gasteiger partial charge in [-0.2, -0.15) is 0 Å². The number of hydrogen-bond donors (Lipinski definition) is 2. The zero-order valence-electron chi connectivity index (χ0n) is 12.1. The number of aromatic carboxylic acids is 1. The van der Waals surface area contributed by atoms with Crippen molar-refractivity contribution < 1.29 is 14.6 Å². The molecule has 2 aromatic rings. The smallest absolute Gasteiger partial charge is 0.352 e. The Hall–Kier alpha value is -2.01. The van der Waals surface area contributed by atoms with Gasteiger partial charge >= 0.3 is 5.97 Å². The van der Waals surface area contributed by atoms with Gasteiger partial charge in [0.1, 0.15) is 11.4 Å². The van der Waals surface area contributed by atoms with Crippen LogP contribution in [0.1, 0.15) is 29.4 Å². The molecule has 0 spiro atoms. The Bertz CT molecular complexity index is 632. The van der Waals surface area contributed by atoms with E-state index in [4.69, 9.17) is 4.74 Å². The lowest BCUT2D eigenvalue weighted by Gasteiger charge is -2.04. The Balaban J connectivity index is 2.57. The molecule has 2 rings (SSSR count). The maximum atomic E-state index is 11.5. The van der Waals surface area contributed by atoms with Crippen LogP contribution in [-0.4, -0.2) is 29.3 Å². The van der Waals surface area contributed by atoms with Crippen LogP contribution in [0, 0.1) is 0 Å². The number of rotatable bonds is 6. The minimum Gasteiger partial charge on any atom is -0.497 e. The molecule has 0 saturated carbocycles. The van der Waals surface area contributed by atoms with Crippen molar-refractivity contribution >= 4 is 16.9 Å². The number of hydrogen-bond acceptors (Lipinski definition) is 3. The number of carboxylic acid groups (broad SMARTS) is 1. The van der Waals surface area contributed by atoms with Crippen LogP contribution in [0.4, 0.5) is 0 Å². The fourth-order valence-electron chi connectivity index (χ4n) is 2.46. The summed E-state index contributed by atoms with van der Waals surface area (Å²) in [6.07, 6.45) is 1.01. The molecule has 0 bridgehead atoms. The molecule has 5 heteroatoms. The lowest BCUT2D eigenvalue weighted by molar-refractivity contribution is 0.0685. The lowest BCUT2D eigenvalue weighted by atomic mass is 10.1. The molecule has 0 saturated heterocycles. The van der Waals surface area contributed by atoms with E-state index in [2.05, 4.69) is 12.2 Å². The van der Waals surface area contributed by atoms with Gasteiger partial charge in [0, 0.05) is 30.6 Å². The third-order valence-corrected chi connectivity index (χ3v) is 3.44. The Morgan fingerprint density at radius 3 is 2.80 bits per heavy atom. The van der Waals surface area contributed by atoms with E-state index >= 15 is 0 Å². The highest BCUT2D eigenvalue weighted by atomic mass is 16.5. The van der Waals surface area contributed by atoms with E-state index in [1.807, 2.05) is 18.2 Å². The molecule has 0 aliphatic carbocycles. The van der Waals surface area contributed by atoms with Gasteiger partial charge in [-0.15, -0.1) is 0 Å². The van der Waals surface area contributed by atoms with Crippen LogP contribution in [0.2, 0.25) is 0 Å². The molecule has 1 heterocycles. The summed E-state index contributed by atoms with van der Waals surface area (Å²) < 4.78 is 6.92. The van der Waals surface area contributed by atoms with Crippen LogP contribution in [0.3, 0.4) is 0 Å². The first-order chi connectivity index (χ1) is 9.60. The van der Waals surface area contributed by atoms with Crippen LogP contribution in [0.15, 0.2) is 18.2 Å². The van der Waals surface area contributed by atoms with Crippen molar-refractivity contribution in [1.29, 1.82) is 0 Å². The number of aromatic nitrogens is 1. The van der Waals surface area contributed by atoms with Crippen LogP contribution in [0.25, 0.3) is 10.9 Å². The van der Waals surface area contributed by atoms with E-state index in [9.17, 15) is 9.90 Å². The number of ether oxygens (including phenoxy) is 1. The minimum atomic E-state index is -0.907. The zero-order valence-corrected chi connectivity index (χ0v) is 12.1. The van der Waals surface area contributed by atoms with E-state index < -0.39 is 5.97 Å². The largest absolute Gasteiger partial charge is 0.497 e. The molecule has 2 N–H and O–H groups in total. The SMILES string of the molecule is CCCNCc1c(C(=O)O)n(C)c2cc(OC)ccc12. The van der Waals surface area contributed by atoms with E-state index in [1.165, 1.54) is 0 Å². The van der Waals surface area contributed by atoms with Crippen LogP contribution in [0.5, 0.6) is 5.75 Å². The fraction of sp³-hybridized carbons (Fsp3) is 0.400. The highest BCUT2D eigenvalue weighted by Gasteiger charge is 2.20. The van der Waals surface area contributed by atoms with Gasteiger partial charge in [-0.3, -0.25) is 0 Å². The number of carbonyl (C=O) groups is 1. The predicted molar refractivity (Wildman–Crippen MR) is 78.4 cm³/mol. The molecule has 0 fully saturated rings. The molecule has 5 nitrogen and oxygen atoms in total. The summed E-state index contributed by atoms with van der Waals surface area (Å²) in [6, 6.07) is 5.64. The Morgan fingerprint density at radius 2 is 2.20 bits per heavy atom. The molecular formula is C15H20N2O3. The summed E-state index contributed by atoms with van der Waals surface area (Å²) in [5, 5.41) is 13.7. The zero-order chi connectivity index (χ0) is 14.7. The third kappa shape index (κ3) is 2.49. The Morgan fingerprint density at radius 1 is 1.45 bits per heavy atom. The summed E-state index contributed by atoms with van der Waals surface area (Å²) in [5.74, 6) is -0.181. The topological polar surface area (TPSA) is 63.5 Å². The predicted octanol–water partition coefficient (Wildman–Crippen LogP) is 2.38. The number of aryl methyl sites for hydroxylation is 1. The standard InChI is InChI=1S/C15H20N2O3/c1-4-7-16-9-12-11-6-5-10(20-3)8-13(11)17(2)14(12)15(18)19/h5-6,8,16H,4,7,9H2,1-3H3,(H,18,19). The molecular weight excluding hydrogens is 256 g/mol. The molecule has 0 aliphatic heterocycles.